The summed E-state index contributed by atoms with van der Waals surface area (Å²) in [5.41, 5.74) is 9.68. The molecule has 8 aromatic rings. The van der Waals surface area contributed by atoms with Crippen molar-refractivity contribution in [2.24, 2.45) is 10.3 Å². The Morgan fingerprint density at radius 1 is 0.426 bits per heavy atom. The van der Waals surface area contributed by atoms with Gasteiger partial charge in [-0.1, -0.05) is 64.9 Å². The molecule has 54 heavy (non-hydrogen) atoms. The minimum atomic E-state index is -0.505. The average Bonchev–Trinajstić information content (AvgIpc) is 3.71. The molecule has 264 valence electrons. The maximum Gasteiger partial charge on any atom is 0.331 e. The lowest BCUT2D eigenvalue weighted by atomic mass is 10.00. The van der Waals surface area contributed by atoms with Crippen LogP contribution in [0.4, 0.5) is 0 Å². The van der Waals surface area contributed by atoms with Gasteiger partial charge in [0, 0.05) is 57.9 Å². The van der Waals surface area contributed by atoms with Gasteiger partial charge in [0.25, 0.3) is 0 Å². The molecule has 9 heteroatoms. The molecule has 0 saturated heterocycles. The average molecular weight is 711 g/mol. The number of benzene rings is 6. The van der Waals surface area contributed by atoms with Gasteiger partial charge in [-0.2, -0.15) is 0 Å². The van der Waals surface area contributed by atoms with E-state index in [1.54, 1.807) is 13.8 Å². The Balaban J connectivity index is 1.20. The normalized spacial score (nSPS) is 12.1. The minimum absolute atomic E-state index is 0.0952. The molecule has 0 N–H and O–H groups in total. The van der Waals surface area contributed by atoms with Crippen molar-refractivity contribution >= 4 is 72.8 Å². The molecule has 0 aliphatic heterocycles. The zero-order valence-corrected chi connectivity index (χ0v) is 30.0. The van der Waals surface area contributed by atoms with E-state index < -0.39 is 11.9 Å². The van der Waals surface area contributed by atoms with E-state index in [0.29, 0.717) is 22.6 Å². The van der Waals surface area contributed by atoms with Crippen molar-refractivity contribution in [1.82, 2.24) is 9.13 Å². The standard InChI is InChI=1S/C45H34N4O5/c1-27(46-53-29(3)50)31-13-19-35(20-14-31)49-43-23-17-33(28(2)47-54-30(4)51)25-39(43)40-26-34(18-24-44(40)49)45(52)32-15-21-36(22-16-32)48-41-11-7-5-9-37(41)38-10-6-8-12-42(38)48/h5-26H,1-4H3. The van der Waals surface area contributed by atoms with Crippen LogP contribution in [0.15, 0.2) is 144 Å². The molecule has 0 spiro atoms. The molecule has 0 aliphatic rings. The lowest BCUT2D eigenvalue weighted by Gasteiger charge is -2.10. The van der Waals surface area contributed by atoms with Gasteiger partial charge in [0.1, 0.15) is 0 Å². The first-order chi connectivity index (χ1) is 26.2. The fraction of sp³-hybridized carbons (Fsp3) is 0.0889. The zero-order valence-electron chi connectivity index (χ0n) is 30.0. The van der Waals surface area contributed by atoms with Crippen LogP contribution >= 0.6 is 0 Å². The highest BCUT2D eigenvalue weighted by Gasteiger charge is 2.18. The van der Waals surface area contributed by atoms with Crippen LogP contribution in [-0.4, -0.2) is 38.3 Å². The van der Waals surface area contributed by atoms with E-state index in [1.807, 2.05) is 97.1 Å². The van der Waals surface area contributed by atoms with Gasteiger partial charge in [-0.15, -0.1) is 0 Å². The molecule has 0 radical (unpaired) electrons. The molecule has 0 atom stereocenters. The zero-order chi connectivity index (χ0) is 37.5. The number of rotatable bonds is 8. The van der Waals surface area contributed by atoms with Crippen molar-refractivity contribution in [3.63, 3.8) is 0 Å². The van der Waals surface area contributed by atoms with Crippen molar-refractivity contribution in [2.45, 2.75) is 27.7 Å². The van der Waals surface area contributed by atoms with Gasteiger partial charge in [0.15, 0.2) is 5.78 Å². The van der Waals surface area contributed by atoms with Crippen LogP contribution in [0.2, 0.25) is 0 Å². The topological polar surface area (TPSA) is 104 Å². The van der Waals surface area contributed by atoms with Gasteiger partial charge >= 0.3 is 11.9 Å². The number of oxime groups is 2. The van der Waals surface area contributed by atoms with Gasteiger partial charge in [0.2, 0.25) is 0 Å². The smallest absolute Gasteiger partial charge is 0.318 e. The largest absolute Gasteiger partial charge is 0.331 e. The van der Waals surface area contributed by atoms with Crippen LogP contribution in [0.3, 0.4) is 0 Å². The van der Waals surface area contributed by atoms with Gasteiger partial charge in [-0.25, -0.2) is 9.59 Å². The van der Waals surface area contributed by atoms with Gasteiger partial charge in [0.05, 0.1) is 33.5 Å². The van der Waals surface area contributed by atoms with E-state index in [2.05, 4.69) is 55.8 Å². The third-order valence-corrected chi connectivity index (χ3v) is 9.58. The summed E-state index contributed by atoms with van der Waals surface area (Å²) >= 11 is 0. The Labute approximate surface area is 310 Å². The molecule has 8 rings (SSSR count). The summed E-state index contributed by atoms with van der Waals surface area (Å²) < 4.78 is 4.36. The molecule has 2 heterocycles. The summed E-state index contributed by atoms with van der Waals surface area (Å²) in [6.07, 6.45) is 0. The number of fused-ring (bicyclic) bond motifs is 6. The molecule has 0 fully saturated rings. The summed E-state index contributed by atoms with van der Waals surface area (Å²) in [7, 11) is 0. The monoisotopic (exact) mass is 710 g/mol. The van der Waals surface area contributed by atoms with Gasteiger partial charge in [-0.05, 0) is 104 Å². The van der Waals surface area contributed by atoms with Crippen LogP contribution in [0.25, 0.3) is 55.0 Å². The Bertz CT molecular complexity index is 2810. The molecule has 0 unspecified atom stereocenters. The Hall–Kier alpha value is -7.13. The number of carbonyl (C=O) groups is 3. The first-order valence-corrected chi connectivity index (χ1v) is 17.4. The molecule has 6 aromatic carbocycles. The van der Waals surface area contributed by atoms with Crippen LogP contribution in [0.1, 0.15) is 54.7 Å². The molecule has 0 saturated carbocycles. The number of hydrogen-bond donors (Lipinski definition) is 0. The SMILES string of the molecule is CC(=O)ON=C(C)c1ccc(-n2c3ccc(C(=O)c4ccc(-n5c6ccccc6c6ccccc65)cc4)cc3c3cc(C(C)=NOC(C)=O)ccc32)cc1. The third kappa shape index (κ3) is 6.11. The summed E-state index contributed by atoms with van der Waals surface area (Å²) in [6, 6.07) is 43.9. The van der Waals surface area contributed by atoms with Crippen molar-refractivity contribution in [2.75, 3.05) is 0 Å². The van der Waals surface area contributed by atoms with Crippen LogP contribution in [0, 0.1) is 0 Å². The Morgan fingerprint density at radius 3 is 1.31 bits per heavy atom. The summed E-state index contributed by atoms with van der Waals surface area (Å²) in [5.74, 6) is -1.09. The number of ketones is 1. The fourth-order valence-electron chi connectivity index (χ4n) is 7.02. The second-order valence-corrected chi connectivity index (χ2v) is 13.1. The molecule has 0 aliphatic carbocycles. The second kappa shape index (κ2) is 13.8. The number of hydrogen-bond acceptors (Lipinski definition) is 7. The molecular weight excluding hydrogens is 677 g/mol. The summed E-state index contributed by atoms with van der Waals surface area (Å²) in [4.78, 5) is 46.6. The van der Waals surface area contributed by atoms with Crippen molar-refractivity contribution in [3.8, 4) is 11.4 Å². The summed E-state index contributed by atoms with van der Waals surface area (Å²) in [6.45, 7) is 6.16. The molecule has 2 aromatic heterocycles. The number of aromatic nitrogens is 2. The lowest BCUT2D eigenvalue weighted by Crippen LogP contribution is -2.02. The fourth-order valence-corrected chi connectivity index (χ4v) is 7.02. The lowest BCUT2D eigenvalue weighted by molar-refractivity contribution is -0.141. The number of nitrogens with zero attached hydrogens (tertiary/aromatic N) is 4. The maximum atomic E-state index is 14.1. The van der Waals surface area contributed by atoms with Crippen LogP contribution in [0.5, 0.6) is 0 Å². The molecule has 9 nitrogen and oxygen atoms in total. The Kier molecular flexibility index (Phi) is 8.67. The predicted molar refractivity (Wildman–Crippen MR) is 213 cm³/mol. The first kappa shape index (κ1) is 34.0. The van der Waals surface area contributed by atoms with E-state index in [-0.39, 0.29) is 5.78 Å². The van der Waals surface area contributed by atoms with E-state index in [9.17, 15) is 14.4 Å². The molecular formula is C45H34N4O5. The second-order valence-electron chi connectivity index (χ2n) is 13.1. The quantitative estimate of drug-likeness (QED) is 0.0676. The van der Waals surface area contributed by atoms with Crippen molar-refractivity contribution in [3.05, 3.63) is 156 Å². The third-order valence-electron chi connectivity index (χ3n) is 9.58. The van der Waals surface area contributed by atoms with Crippen molar-refractivity contribution in [1.29, 1.82) is 0 Å². The van der Waals surface area contributed by atoms with Crippen LogP contribution in [-0.2, 0) is 19.3 Å². The predicted octanol–water partition coefficient (Wildman–Crippen LogP) is 9.69. The number of carbonyl (C=O) groups excluding carboxylic acids is 3. The van der Waals surface area contributed by atoms with Crippen molar-refractivity contribution < 1.29 is 24.1 Å². The maximum absolute atomic E-state index is 14.1. The number of para-hydroxylation sites is 2. The van der Waals surface area contributed by atoms with Gasteiger partial charge < -0.3 is 18.8 Å². The highest BCUT2D eigenvalue weighted by Crippen LogP contribution is 2.35. The molecule has 0 bridgehead atoms. The van der Waals surface area contributed by atoms with E-state index in [0.717, 1.165) is 55.3 Å². The Morgan fingerprint density at radius 2 is 0.815 bits per heavy atom. The van der Waals surface area contributed by atoms with E-state index in [1.165, 1.54) is 24.6 Å². The summed E-state index contributed by atoms with van der Waals surface area (Å²) in [5, 5.41) is 12.0. The molecule has 0 amide bonds. The highest BCUT2D eigenvalue weighted by atomic mass is 16.7. The highest BCUT2D eigenvalue weighted by molar-refractivity contribution is 6.17. The van der Waals surface area contributed by atoms with E-state index in [4.69, 9.17) is 9.68 Å². The first-order valence-electron chi connectivity index (χ1n) is 17.4. The van der Waals surface area contributed by atoms with Gasteiger partial charge in [-0.3, -0.25) is 4.79 Å². The van der Waals surface area contributed by atoms with Crippen LogP contribution < -0.4 is 0 Å². The van der Waals surface area contributed by atoms with E-state index >= 15 is 0 Å². The minimum Gasteiger partial charge on any atom is -0.318 e.